The van der Waals surface area contributed by atoms with Crippen LogP contribution in [0.4, 0.5) is 11.4 Å². The molecule has 2 rings (SSSR count). The zero-order chi connectivity index (χ0) is 25.4. The van der Waals surface area contributed by atoms with Crippen molar-refractivity contribution in [3.8, 4) is 0 Å². The van der Waals surface area contributed by atoms with Gasteiger partial charge in [0, 0.05) is 24.3 Å². The van der Waals surface area contributed by atoms with Gasteiger partial charge in [0.05, 0.1) is 36.3 Å². The van der Waals surface area contributed by atoms with E-state index in [9.17, 15) is 25.3 Å². The Morgan fingerprint density at radius 3 is 1.39 bits per heavy atom. The van der Waals surface area contributed by atoms with Crippen LogP contribution >= 0.6 is 0 Å². The molecule has 0 aliphatic carbocycles. The number of non-ortho nitro benzene ring substituents is 2. The Hall–Kier alpha value is -2.70. The molecular weight excluding hydrogens is 448 g/mol. The van der Waals surface area contributed by atoms with Crippen LogP contribution in [0.3, 0.4) is 0 Å². The van der Waals surface area contributed by atoms with E-state index in [0.717, 1.165) is 5.56 Å². The van der Waals surface area contributed by atoms with Gasteiger partial charge < -0.3 is 19.7 Å². The molecule has 33 heavy (non-hydrogen) atoms. The zero-order valence-corrected chi connectivity index (χ0v) is 20.6. The maximum atomic E-state index is 10.9. The molecular formula is C22H32N2O8Si. The quantitative estimate of drug-likeness (QED) is 0.288. The fourth-order valence-electron chi connectivity index (χ4n) is 2.53. The number of aliphatic hydroxyl groups excluding tert-OH is 3. The third kappa shape index (κ3) is 8.63. The molecule has 11 heteroatoms. The molecule has 3 N–H and O–H groups in total. The summed E-state index contributed by atoms with van der Waals surface area (Å²) in [6.45, 7) is 10.3. The normalized spacial score (nSPS) is 11.5. The van der Waals surface area contributed by atoms with E-state index < -0.39 is 18.2 Å². The van der Waals surface area contributed by atoms with Crippen LogP contribution in [0, 0.1) is 20.2 Å². The first-order chi connectivity index (χ1) is 15.2. The number of benzene rings is 2. The van der Waals surface area contributed by atoms with E-state index in [2.05, 4.69) is 33.9 Å². The van der Waals surface area contributed by atoms with Crippen LogP contribution in [0.1, 0.15) is 43.0 Å². The summed E-state index contributed by atoms with van der Waals surface area (Å²) < 4.78 is 6.05. The summed E-state index contributed by atoms with van der Waals surface area (Å²) in [5.74, 6) is 0. The third-order valence-electron chi connectivity index (χ3n) is 5.45. The number of hydrogen-bond acceptors (Lipinski definition) is 8. The predicted octanol–water partition coefficient (Wildman–Crippen LogP) is 4.19. The second-order valence-corrected chi connectivity index (χ2v) is 13.9. The molecule has 0 bridgehead atoms. The van der Waals surface area contributed by atoms with Crippen molar-refractivity contribution in [2.45, 2.75) is 65.3 Å². The first kappa shape index (κ1) is 28.3. The van der Waals surface area contributed by atoms with Gasteiger partial charge in [-0.2, -0.15) is 0 Å². The Kier molecular flexibility index (Phi) is 10.3. The van der Waals surface area contributed by atoms with Crippen molar-refractivity contribution >= 4 is 19.7 Å². The summed E-state index contributed by atoms with van der Waals surface area (Å²) in [5, 5.41) is 48.0. The summed E-state index contributed by atoms with van der Waals surface area (Å²) >= 11 is 0. The average molecular weight is 481 g/mol. The van der Waals surface area contributed by atoms with Crippen LogP contribution in [0.15, 0.2) is 36.4 Å². The van der Waals surface area contributed by atoms with Crippen molar-refractivity contribution in [3.63, 3.8) is 0 Å². The maximum Gasteiger partial charge on any atom is 0.270 e. The predicted molar refractivity (Wildman–Crippen MR) is 126 cm³/mol. The molecule has 0 unspecified atom stereocenters. The van der Waals surface area contributed by atoms with E-state index in [1.807, 2.05) is 0 Å². The minimum Gasteiger partial charge on any atom is -0.413 e. The van der Waals surface area contributed by atoms with E-state index in [1.165, 1.54) is 30.3 Å². The molecule has 0 saturated carbocycles. The SMILES string of the molecule is CC(C)(C)[Si](C)(C)OCc1cc(CO)cc([N+](=O)[O-])c1.O=[N+]([O-])c1cc(CO)cc(CO)c1. The van der Waals surface area contributed by atoms with E-state index in [1.54, 1.807) is 6.07 Å². The smallest absolute Gasteiger partial charge is 0.270 e. The topological polar surface area (TPSA) is 156 Å². The van der Waals surface area contributed by atoms with Crippen LogP contribution in [0.2, 0.25) is 18.1 Å². The van der Waals surface area contributed by atoms with Gasteiger partial charge in [-0.25, -0.2) is 0 Å². The number of rotatable bonds is 8. The highest BCUT2D eigenvalue weighted by Crippen LogP contribution is 2.37. The Balaban J connectivity index is 0.000000361. The molecule has 182 valence electrons. The van der Waals surface area contributed by atoms with Gasteiger partial charge in [0.25, 0.3) is 11.4 Å². The standard InChI is InChI=1S/C14H23NO4Si.C8H9NO4/c1-14(2,3)20(4,5)19-10-12-6-11(9-16)7-13(8-12)15(17)18;10-4-6-1-7(5-11)3-8(2-6)9(12)13/h6-8,16H,9-10H2,1-5H3;1-3,10-11H,4-5H2. The Morgan fingerprint density at radius 2 is 1.09 bits per heavy atom. The van der Waals surface area contributed by atoms with Crippen LogP contribution in [-0.2, 0) is 30.9 Å². The average Bonchev–Trinajstić information content (AvgIpc) is 2.76. The highest BCUT2D eigenvalue weighted by molar-refractivity contribution is 6.74. The Labute approximate surface area is 193 Å². The van der Waals surface area contributed by atoms with Gasteiger partial charge in [-0.1, -0.05) is 32.9 Å². The summed E-state index contributed by atoms with van der Waals surface area (Å²) in [4.78, 5) is 20.2. The number of nitro groups is 2. The van der Waals surface area contributed by atoms with Crippen molar-refractivity contribution in [1.82, 2.24) is 0 Å². The molecule has 0 amide bonds. The fraction of sp³-hybridized carbons (Fsp3) is 0.455. The lowest BCUT2D eigenvalue weighted by Crippen LogP contribution is -2.40. The number of nitrogens with zero attached hydrogens (tertiary/aromatic N) is 2. The molecule has 0 aromatic heterocycles. The summed E-state index contributed by atoms with van der Waals surface area (Å²) in [6, 6.07) is 8.72. The van der Waals surface area contributed by atoms with E-state index in [0.29, 0.717) is 23.3 Å². The molecule has 0 saturated heterocycles. The molecule has 0 atom stereocenters. The Bertz CT molecular complexity index is 951. The van der Waals surface area contributed by atoms with Crippen LogP contribution < -0.4 is 0 Å². The highest BCUT2D eigenvalue weighted by atomic mass is 28.4. The second kappa shape index (κ2) is 12.0. The number of nitro benzene ring substituents is 2. The van der Waals surface area contributed by atoms with Gasteiger partial charge >= 0.3 is 0 Å². The van der Waals surface area contributed by atoms with Crippen molar-refractivity contribution in [1.29, 1.82) is 0 Å². The molecule has 0 fully saturated rings. The van der Waals surface area contributed by atoms with Crippen LogP contribution in [0.25, 0.3) is 0 Å². The number of hydrogen-bond donors (Lipinski definition) is 3. The van der Waals surface area contributed by atoms with Gasteiger partial charge in [0.2, 0.25) is 0 Å². The first-order valence-electron chi connectivity index (χ1n) is 10.2. The minimum atomic E-state index is -1.89. The minimum absolute atomic E-state index is 0.00891. The first-order valence-corrected chi connectivity index (χ1v) is 13.2. The lowest BCUT2D eigenvalue weighted by atomic mass is 10.1. The van der Waals surface area contributed by atoms with Crippen LogP contribution in [0.5, 0.6) is 0 Å². The largest absolute Gasteiger partial charge is 0.413 e. The zero-order valence-electron chi connectivity index (χ0n) is 19.6. The number of aliphatic hydroxyl groups is 3. The van der Waals surface area contributed by atoms with Crippen molar-refractivity contribution in [2.75, 3.05) is 0 Å². The maximum absolute atomic E-state index is 10.9. The monoisotopic (exact) mass is 480 g/mol. The van der Waals surface area contributed by atoms with E-state index in [4.69, 9.17) is 14.6 Å². The van der Waals surface area contributed by atoms with Crippen molar-refractivity contribution in [3.05, 3.63) is 78.9 Å². The summed E-state index contributed by atoms with van der Waals surface area (Å²) in [6.07, 6.45) is 0. The molecule has 2 aromatic carbocycles. The highest BCUT2D eigenvalue weighted by Gasteiger charge is 2.37. The van der Waals surface area contributed by atoms with Crippen molar-refractivity contribution in [2.24, 2.45) is 0 Å². The third-order valence-corrected chi connectivity index (χ3v) is 9.93. The summed E-state index contributed by atoms with van der Waals surface area (Å²) in [5.41, 5.74) is 2.00. The van der Waals surface area contributed by atoms with E-state index >= 15 is 0 Å². The lowest BCUT2D eigenvalue weighted by molar-refractivity contribution is -0.385. The molecule has 0 aliphatic heterocycles. The molecule has 0 spiro atoms. The van der Waals surface area contributed by atoms with Gasteiger partial charge in [-0.3, -0.25) is 20.2 Å². The molecule has 2 aromatic rings. The van der Waals surface area contributed by atoms with Gasteiger partial charge in [-0.15, -0.1) is 0 Å². The lowest BCUT2D eigenvalue weighted by Gasteiger charge is -2.36. The van der Waals surface area contributed by atoms with E-state index in [-0.39, 0.29) is 36.2 Å². The fourth-order valence-corrected chi connectivity index (χ4v) is 3.49. The van der Waals surface area contributed by atoms with Crippen LogP contribution in [-0.4, -0.2) is 33.5 Å². The van der Waals surface area contributed by atoms with Gasteiger partial charge in [0.15, 0.2) is 8.32 Å². The Morgan fingerprint density at radius 1 is 0.758 bits per heavy atom. The second-order valence-electron chi connectivity index (χ2n) is 9.05. The molecule has 0 aliphatic rings. The molecule has 0 heterocycles. The van der Waals surface area contributed by atoms with Gasteiger partial charge in [-0.05, 0) is 40.4 Å². The van der Waals surface area contributed by atoms with Crippen molar-refractivity contribution < 1.29 is 29.6 Å². The molecule has 0 radical (unpaired) electrons. The summed E-state index contributed by atoms with van der Waals surface area (Å²) in [7, 11) is -1.89. The molecule has 10 nitrogen and oxygen atoms in total. The van der Waals surface area contributed by atoms with Gasteiger partial charge in [0.1, 0.15) is 0 Å².